The van der Waals surface area contributed by atoms with Gasteiger partial charge in [-0.3, -0.25) is 0 Å². The van der Waals surface area contributed by atoms with Crippen molar-refractivity contribution in [2.24, 2.45) is 0 Å². The zero-order valence-electron chi connectivity index (χ0n) is 14.3. The third kappa shape index (κ3) is 4.83. The van der Waals surface area contributed by atoms with Gasteiger partial charge in [0.25, 0.3) is 0 Å². The van der Waals surface area contributed by atoms with Crippen LogP contribution in [-0.2, 0) is 9.47 Å². The number of piperidine rings is 1. The van der Waals surface area contributed by atoms with E-state index in [4.69, 9.17) is 9.47 Å². The number of ether oxygens (including phenoxy) is 2. The zero-order chi connectivity index (χ0) is 16.5. The maximum absolute atomic E-state index is 4.94. The first-order valence-electron chi connectivity index (χ1n) is 8.97. The maximum Gasteiger partial charge on any atom is 0.0701 e. The van der Waals surface area contributed by atoms with E-state index in [1.54, 1.807) is 0 Å². The molecule has 2 heterocycles. The third-order valence-corrected chi connectivity index (χ3v) is 4.52. The molecule has 128 valence electrons. The average Bonchev–Trinajstić information content (AvgIpc) is 2.71. The summed E-state index contributed by atoms with van der Waals surface area (Å²) in [6, 6.07) is 22.2. The molecule has 0 saturated carbocycles. The number of anilines is 1. The van der Waals surface area contributed by atoms with E-state index >= 15 is 0 Å². The van der Waals surface area contributed by atoms with Crippen LogP contribution >= 0.6 is 0 Å². The lowest BCUT2D eigenvalue weighted by molar-refractivity contribution is -0.0334. The van der Waals surface area contributed by atoms with Crippen LogP contribution < -0.4 is 4.90 Å². The normalized spacial score (nSPS) is 20.8. The van der Waals surface area contributed by atoms with Crippen molar-refractivity contribution in [2.45, 2.75) is 25.3 Å². The first-order chi connectivity index (χ1) is 11.9. The molecule has 2 aliphatic heterocycles. The highest BCUT2D eigenvalue weighted by Crippen LogP contribution is 2.34. The highest BCUT2D eigenvalue weighted by Gasteiger charge is 2.23. The van der Waals surface area contributed by atoms with E-state index in [0.29, 0.717) is 6.04 Å². The summed E-state index contributed by atoms with van der Waals surface area (Å²) in [5, 5.41) is 0. The first kappa shape index (κ1) is 17.0. The number of rotatable bonds is 2. The van der Waals surface area contributed by atoms with Gasteiger partial charge in [-0.05, 0) is 37.0 Å². The van der Waals surface area contributed by atoms with Crippen molar-refractivity contribution in [3.63, 3.8) is 0 Å². The number of para-hydroxylation sites is 1. The Hall–Kier alpha value is -1.84. The van der Waals surface area contributed by atoms with E-state index in [-0.39, 0.29) is 0 Å². The van der Waals surface area contributed by atoms with Crippen LogP contribution in [0.4, 0.5) is 5.69 Å². The summed E-state index contributed by atoms with van der Waals surface area (Å²) in [5.74, 6) is 0. The Labute approximate surface area is 145 Å². The number of hydrogen-bond donors (Lipinski definition) is 0. The summed E-state index contributed by atoms with van der Waals surface area (Å²) >= 11 is 0. The van der Waals surface area contributed by atoms with Crippen LogP contribution in [0.1, 0.15) is 30.9 Å². The van der Waals surface area contributed by atoms with E-state index in [1.165, 1.54) is 37.1 Å². The average molecular weight is 325 g/mol. The van der Waals surface area contributed by atoms with Crippen molar-refractivity contribution in [1.29, 1.82) is 0 Å². The quantitative estimate of drug-likeness (QED) is 0.814. The van der Waals surface area contributed by atoms with Gasteiger partial charge in [-0.2, -0.15) is 0 Å². The Morgan fingerprint density at radius 2 is 1.29 bits per heavy atom. The highest BCUT2D eigenvalue weighted by molar-refractivity contribution is 5.49. The lowest BCUT2D eigenvalue weighted by atomic mass is 9.94. The van der Waals surface area contributed by atoms with Gasteiger partial charge in [0.1, 0.15) is 0 Å². The van der Waals surface area contributed by atoms with Gasteiger partial charge in [0.2, 0.25) is 0 Å². The van der Waals surface area contributed by atoms with Crippen molar-refractivity contribution in [2.75, 3.05) is 37.9 Å². The summed E-state index contributed by atoms with van der Waals surface area (Å²) in [7, 11) is 0. The largest absolute Gasteiger partial charge is 0.377 e. The summed E-state index contributed by atoms with van der Waals surface area (Å²) in [5.41, 5.74) is 2.80. The van der Waals surface area contributed by atoms with Crippen molar-refractivity contribution in [3.8, 4) is 0 Å². The van der Waals surface area contributed by atoms with Crippen LogP contribution in [0.15, 0.2) is 60.7 Å². The van der Waals surface area contributed by atoms with Crippen LogP contribution in [0.2, 0.25) is 0 Å². The molecule has 3 nitrogen and oxygen atoms in total. The SMILES string of the molecule is C1COCCO1.c1ccc(C2CCCCN2c2ccccc2)cc1. The minimum atomic E-state index is 0.544. The second-order valence-electron chi connectivity index (χ2n) is 6.18. The number of benzene rings is 2. The Morgan fingerprint density at radius 1 is 0.708 bits per heavy atom. The Balaban J connectivity index is 0.000000238. The van der Waals surface area contributed by atoms with Crippen LogP contribution in [0.3, 0.4) is 0 Å². The molecule has 1 unspecified atom stereocenters. The standard InChI is InChI=1S/C17H19N.C4H8O2/c1-3-9-15(10-4-1)17-13-7-8-14-18(17)16-11-5-2-6-12-16;1-2-6-4-3-5-1/h1-6,9-12,17H,7-8,13-14H2;1-4H2. The molecule has 2 fully saturated rings. The lowest BCUT2D eigenvalue weighted by Crippen LogP contribution is -2.33. The van der Waals surface area contributed by atoms with E-state index < -0.39 is 0 Å². The van der Waals surface area contributed by atoms with Crippen molar-refractivity contribution >= 4 is 5.69 Å². The molecular weight excluding hydrogens is 298 g/mol. The van der Waals surface area contributed by atoms with Gasteiger partial charge in [0, 0.05) is 12.2 Å². The molecule has 2 aromatic rings. The molecule has 0 aliphatic carbocycles. The van der Waals surface area contributed by atoms with Crippen LogP contribution in [0.5, 0.6) is 0 Å². The van der Waals surface area contributed by atoms with Crippen LogP contribution in [0.25, 0.3) is 0 Å². The summed E-state index contributed by atoms with van der Waals surface area (Å²) in [4.78, 5) is 2.55. The lowest BCUT2D eigenvalue weighted by Gasteiger charge is -2.38. The minimum absolute atomic E-state index is 0.544. The second-order valence-corrected chi connectivity index (χ2v) is 6.18. The molecule has 0 radical (unpaired) electrons. The van der Waals surface area contributed by atoms with Gasteiger partial charge in [-0.25, -0.2) is 0 Å². The van der Waals surface area contributed by atoms with E-state index in [1.807, 2.05) is 0 Å². The monoisotopic (exact) mass is 325 g/mol. The van der Waals surface area contributed by atoms with Crippen molar-refractivity contribution in [1.82, 2.24) is 0 Å². The van der Waals surface area contributed by atoms with Gasteiger partial charge < -0.3 is 14.4 Å². The van der Waals surface area contributed by atoms with Gasteiger partial charge in [-0.1, -0.05) is 48.5 Å². The molecule has 2 saturated heterocycles. The number of hydrogen-bond acceptors (Lipinski definition) is 3. The van der Waals surface area contributed by atoms with Gasteiger partial charge in [0.15, 0.2) is 0 Å². The molecular formula is C21H27NO2. The smallest absolute Gasteiger partial charge is 0.0701 e. The van der Waals surface area contributed by atoms with E-state index in [0.717, 1.165) is 26.4 Å². The molecule has 0 amide bonds. The Kier molecular flexibility index (Phi) is 6.70. The fourth-order valence-corrected chi connectivity index (χ4v) is 3.32. The molecule has 0 spiro atoms. The van der Waals surface area contributed by atoms with Gasteiger partial charge in [0.05, 0.1) is 32.5 Å². The topological polar surface area (TPSA) is 21.7 Å². The molecule has 4 rings (SSSR count). The molecule has 24 heavy (non-hydrogen) atoms. The first-order valence-corrected chi connectivity index (χ1v) is 8.97. The van der Waals surface area contributed by atoms with Crippen LogP contribution in [0, 0.1) is 0 Å². The Morgan fingerprint density at radius 3 is 1.88 bits per heavy atom. The molecule has 0 N–H and O–H groups in total. The van der Waals surface area contributed by atoms with E-state index in [2.05, 4.69) is 65.6 Å². The molecule has 2 aliphatic rings. The van der Waals surface area contributed by atoms with Crippen molar-refractivity contribution < 1.29 is 9.47 Å². The third-order valence-electron chi connectivity index (χ3n) is 4.52. The summed E-state index contributed by atoms with van der Waals surface area (Å²) < 4.78 is 9.89. The molecule has 0 bridgehead atoms. The minimum Gasteiger partial charge on any atom is -0.377 e. The molecule has 2 aromatic carbocycles. The maximum atomic E-state index is 4.94. The predicted molar refractivity (Wildman–Crippen MR) is 98.5 cm³/mol. The van der Waals surface area contributed by atoms with Crippen molar-refractivity contribution in [3.05, 3.63) is 66.2 Å². The van der Waals surface area contributed by atoms with E-state index in [9.17, 15) is 0 Å². The molecule has 3 heteroatoms. The summed E-state index contributed by atoms with van der Waals surface area (Å²) in [6.45, 7) is 4.28. The molecule has 0 aromatic heterocycles. The second kappa shape index (κ2) is 9.45. The predicted octanol–water partition coefficient (Wildman–Crippen LogP) is 4.45. The number of nitrogens with zero attached hydrogens (tertiary/aromatic N) is 1. The van der Waals surface area contributed by atoms with Gasteiger partial charge in [-0.15, -0.1) is 0 Å². The zero-order valence-corrected chi connectivity index (χ0v) is 14.3. The molecule has 1 atom stereocenters. The fraction of sp³-hybridized carbons (Fsp3) is 0.429. The van der Waals surface area contributed by atoms with Crippen LogP contribution in [-0.4, -0.2) is 33.0 Å². The fourth-order valence-electron chi connectivity index (χ4n) is 3.32. The summed E-state index contributed by atoms with van der Waals surface area (Å²) in [6.07, 6.45) is 3.90. The highest BCUT2D eigenvalue weighted by atomic mass is 16.6. The van der Waals surface area contributed by atoms with Gasteiger partial charge >= 0.3 is 0 Å². The Bertz CT molecular complexity index is 510.